The quantitative estimate of drug-likeness (QED) is 0.104. The molecule has 15 aromatic carbocycles. The highest BCUT2D eigenvalue weighted by molar-refractivity contribution is 6.99. The lowest BCUT2D eigenvalue weighted by Gasteiger charge is -2.42. The number of hydrogen-bond acceptors (Lipinski definition) is 3. The van der Waals surface area contributed by atoms with Gasteiger partial charge >= 0.3 is 0 Å². The highest BCUT2D eigenvalue weighted by Gasteiger charge is 2.42. The summed E-state index contributed by atoms with van der Waals surface area (Å²) in [7, 11) is 0. The van der Waals surface area contributed by atoms with Gasteiger partial charge in [-0.1, -0.05) is 400 Å². The Bertz CT molecular complexity index is 7640. The van der Waals surface area contributed by atoms with E-state index in [0.717, 1.165) is 150 Å². The standard InChI is InChI=1S/C124H125BN4/c1-118(2,3)91-58-63-109-114(79-91)129(117-105(85-46-33-25-34-47-85)77-97(124(19,20)21)78-106(117)89-49-39-48-86(66-89)87-57-65-113-107(69-87)102-52-37-38-53-112(102)128(113)101-73-94(121(10,11)12)72-95(74-101)122(13,14)15)115-80-100(127(98-50-35-26-36-51-98)99-59-54-82(55-60-99)81-40-27-22-28-41-81)61-64-110(115)125(109)108-62-56-88(90-67-92(119(4,5)6)71-93(68-90)120(7,8)9)70-111(108)126-116-103(83-42-29-23-30-43-83)75-96(123(16,17)18)76-104(116)84-44-31-24-32-45-84/h22-50,52-80,98,126H,51H2,1-21H3/i22D,26D,27D,28D,35D,36D,40D,41D,50D,54D,55D,59D. The van der Waals surface area contributed by atoms with E-state index in [2.05, 4.69) is 421 Å². The molecule has 1 aromatic heterocycles. The smallest absolute Gasteiger partial charge is 0.249 e. The van der Waals surface area contributed by atoms with Crippen LogP contribution in [0.15, 0.2) is 352 Å². The number of allylic oxidation sites excluding steroid dienone is 2. The van der Waals surface area contributed by atoms with Crippen molar-refractivity contribution in [3.8, 4) is 83.6 Å². The zero-order chi connectivity index (χ0) is 101. The summed E-state index contributed by atoms with van der Waals surface area (Å²) in [4.78, 5) is 4.09. The molecule has 1 N–H and O–H groups in total. The second-order valence-corrected chi connectivity index (χ2v) is 42.6. The summed E-state index contributed by atoms with van der Waals surface area (Å²) in [6, 6.07) is 93.8. The zero-order valence-corrected chi connectivity index (χ0v) is 78.8. The minimum absolute atomic E-state index is 0.0866. The first-order valence-electron chi connectivity index (χ1n) is 51.6. The van der Waals surface area contributed by atoms with E-state index in [-0.39, 0.29) is 56.9 Å². The summed E-state index contributed by atoms with van der Waals surface area (Å²) < 4.78 is 116. The monoisotopic (exact) mass is 1690 g/mol. The van der Waals surface area contributed by atoms with Crippen LogP contribution in [0, 0.1) is 0 Å². The van der Waals surface area contributed by atoms with Crippen molar-refractivity contribution in [2.24, 2.45) is 0 Å². The van der Waals surface area contributed by atoms with Gasteiger partial charge in [-0.25, -0.2) is 0 Å². The van der Waals surface area contributed by atoms with Gasteiger partial charge in [0.2, 0.25) is 6.71 Å². The molecule has 16 aromatic rings. The van der Waals surface area contributed by atoms with Crippen LogP contribution < -0.4 is 31.5 Å². The largest absolute Gasteiger partial charge is 0.355 e. The molecule has 18 rings (SSSR count). The van der Waals surface area contributed by atoms with E-state index in [4.69, 9.17) is 4.11 Å². The second-order valence-electron chi connectivity index (χ2n) is 42.6. The minimum Gasteiger partial charge on any atom is -0.355 e. The van der Waals surface area contributed by atoms with E-state index in [1.807, 2.05) is 12.1 Å². The van der Waals surface area contributed by atoms with Crippen molar-refractivity contribution in [3.05, 3.63) is 391 Å². The number of anilines is 7. The van der Waals surface area contributed by atoms with Crippen molar-refractivity contribution in [1.82, 2.24) is 4.57 Å². The molecule has 1 aliphatic carbocycles. The number of aromatic nitrogens is 1. The van der Waals surface area contributed by atoms with Crippen LogP contribution in [0.1, 0.15) is 207 Å². The molecule has 1 atom stereocenters. The lowest BCUT2D eigenvalue weighted by molar-refractivity contribution is 0.567. The number of rotatable bonds is 15. The molecule has 0 saturated carbocycles. The van der Waals surface area contributed by atoms with Crippen molar-refractivity contribution >= 4 is 84.7 Å². The Kier molecular flexibility index (Phi) is 18.8. The van der Waals surface area contributed by atoms with Crippen molar-refractivity contribution in [2.45, 2.75) is 196 Å². The fourth-order valence-electron chi connectivity index (χ4n) is 18.5. The van der Waals surface area contributed by atoms with E-state index < -0.39 is 89.6 Å². The number of hydrogen-bond donors (Lipinski definition) is 1. The molecule has 2 aliphatic rings. The van der Waals surface area contributed by atoms with Crippen molar-refractivity contribution in [1.29, 1.82) is 0 Å². The van der Waals surface area contributed by atoms with Gasteiger partial charge in [-0.05, 0) is 252 Å². The first-order valence-corrected chi connectivity index (χ1v) is 45.6. The third-order valence-corrected chi connectivity index (χ3v) is 26.1. The topological polar surface area (TPSA) is 23.4 Å². The molecule has 5 heteroatoms. The maximum absolute atomic E-state index is 10.5. The van der Waals surface area contributed by atoms with Gasteiger partial charge in [0.1, 0.15) is 0 Å². The van der Waals surface area contributed by atoms with Crippen molar-refractivity contribution < 1.29 is 16.4 Å². The number of fused-ring (bicyclic) bond motifs is 5. The first-order chi connectivity index (χ1) is 66.3. The molecule has 0 saturated heterocycles. The van der Waals surface area contributed by atoms with Crippen LogP contribution in [0.3, 0.4) is 0 Å². The second kappa shape index (κ2) is 33.3. The van der Waals surface area contributed by atoms with Gasteiger partial charge in [0, 0.05) is 67.2 Å². The Labute approximate surface area is 786 Å². The zero-order valence-electron chi connectivity index (χ0n) is 90.8. The summed E-state index contributed by atoms with van der Waals surface area (Å²) >= 11 is 0. The molecule has 1 aliphatic heterocycles. The summed E-state index contributed by atoms with van der Waals surface area (Å²) in [5.74, 6) is 0. The lowest BCUT2D eigenvalue weighted by atomic mass is 9.34. The van der Waals surface area contributed by atoms with Crippen LogP contribution in [0.4, 0.5) is 39.8 Å². The van der Waals surface area contributed by atoms with Crippen molar-refractivity contribution in [2.75, 3.05) is 15.1 Å². The Morgan fingerprint density at radius 3 is 1.37 bits per heavy atom. The van der Waals surface area contributed by atoms with Crippen LogP contribution >= 0.6 is 0 Å². The van der Waals surface area contributed by atoms with Gasteiger partial charge in [0.25, 0.3) is 0 Å². The third kappa shape index (κ3) is 17.2. The minimum atomic E-state index is -1.32. The predicted octanol–water partition coefficient (Wildman–Crippen LogP) is 32.6. The SMILES string of the molecule is [2H]C1=C([2H])C([2H])=C([2H])C(N(c2ccc3c(c2)N(c2c(-c4ccccc4)cc(C(C)(C)C)cc2-c2cccc(-c4ccc5c(c4)c4ccccc4n5-c4cc(C(C)(C)C)cc(C(C)(C)C)c4)c2)c2cc(C(C)(C)C)ccc2B3c2ccc(-c3cc(C(C)(C)C)cc(C(C)(C)C)c3)cc2Nc2c(-c3ccccc3)cc(C(C)(C)C)cc2-c2ccccc2)c2cc([2H])c(-c3c([2H])c([2H])c([2H])c([2H])c3[2H])c([2H])c2[2H])C1. The van der Waals surface area contributed by atoms with Gasteiger partial charge in [-0.15, -0.1) is 0 Å². The average molecular weight is 1690 g/mol. The van der Waals surface area contributed by atoms with Crippen LogP contribution in [-0.4, -0.2) is 17.3 Å². The van der Waals surface area contributed by atoms with E-state index in [9.17, 15) is 12.3 Å². The van der Waals surface area contributed by atoms with E-state index >= 15 is 0 Å². The number of nitrogens with zero attached hydrogens (tertiary/aromatic N) is 3. The fraction of sp³-hybridized carbons (Fsp3) is 0.242. The molecule has 0 amide bonds. The van der Waals surface area contributed by atoms with Gasteiger partial charge in [0.05, 0.1) is 44.9 Å². The lowest BCUT2D eigenvalue weighted by Crippen LogP contribution is -2.58. The maximum Gasteiger partial charge on any atom is 0.249 e. The van der Waals surface area contributed by atoms with Crippen LogP contribution in [0.2, 0.25) is 0 Å². The Morgan fingerprint density at radius 1 is 0.318 bits per heavy atom. The summed E-state index contributed by atoms with van der Waals surface area (Å²) in [6.07, 6.45) is -0.304. The Morgan fingerprint density at radius 2 is 0.783 bits per heavy atom. The molecule has 644 valence electrons. The summed E-state index contributed by atoms with van der Waals surface area (Å²) in [5.41, 5.74) is 27.6. The summed E-state index contributed by atoms with van der Waals surface area (Å²) in [6.45, 7) is 47.0. The molecule has 0 fully saturated rings. The number of nitrogens with one attached hydrogen (secondary N) is 1. The average Bonchev–Trinajstić information content (AvgIpc) is 1.24. The van der Waals surface area contributed by atoms with Gasteiger partial charge in [0.15, 0.2) is 0 Å². The van der Waals surface area contributed by atoms with E-state index in [1.54, 1.807) is 4.90 Å². The fourth-order valence-corrected chi connectivity index (χ4v) is 18.5. The molecular weight excluding hydrogens is 1560 g/mol. The van der Waals surface area contributed by atoms with Gasteiger partial charge in [-0.2, -0.15) is 0 Å². The first kappa shape index (κ1) is 73.0. The highest BCUT2D eigenvalue weighted by atomic mass is 15.2. The Balaban J connectivity index is 0.973. The molecule has 4 nitrogen and oxygen atoms in total. The third-order valence-electron chi connectivity index (χ3n) is 26.1. The van der Waals surface area contributed by atoms with Crippen LogP contribution in [0.5, 0.6) is 0 Å². The molecule has 0 radical (unpaired) electrons. The molecule has 2 heterocycles. The number of para-hydroxylation sites is 1. The van der Waals surface area contributed by atoms with Gasteiger partial charge in [-0.3, -0.25) is 0 Å². The van der Waals surface area contributed by atoms with Gasteiger partial charge < -0.3 is 19.7 Å². The van der Waals surface area contributed by atoms with E-state index in [0.29, 0.717) is 11.4 Å². The normalized spacial score (nSPS) is 15.5. The van der Waals surface area contributed by atoms with Crippen LogP contribution in [-0.2, 0) is 37.9 Å². The summed E-state index contributed by atoms with van der Waals surface area (Å²) in [5, 5.41) is 6.66. The van der Waals surface area contributed by atoms with Crippen LogP contribution in [0.25, 0.3) is 105 Å². The molecule has 129 heavy (non-hydrogen) atoms. The molecule has 1 unspecified atom stereocenters. The van der Waals surface area contributed by atoms with E-state index in [1.165, 1.54) is 28.3 Å². The highest BCUT2D eigenvalue weighted by Crippen LogP contribution is 2.53. The number of benzene rings is 15. The molecule has 0 spiro atoms. The predicted molar refractivity (Wildman–Crippen MR) is 561 cm³/mol. The maximum atomic E-state index is 10.5. The van der Waals surface area contributed by atoms with Crippen molar-refractivity contribution in [3.63, 3.8) is 0 Å². The molecule has 0 bridgehead atoms. The molecular formula is C124H125BN4. The Hall–Kier alpha value is -13.0.